The van der Waals surface area contributed by atoms with Gasteiger partial charge in [-0.2, -0.15) is 0 Å². The summed E-state index contributed by atoms with van der Waals surface area (Å²) in [6, 6.07) is -0.633. The first-order chi connectivity index (χ1) is 28.5. The van der Waals surface area contributed by atoms with Gasteiger partial charge in [0, 0.05) is 12.8 Å². The van der Waals surface area contributed by atoms with Gasteiger partial charge >= 0.3 is 5.97 Å². The monoisotopic (exact) mass is 816 g/mol. The lowest BCUT2D eigenvalue weighted by atomic mass is 10.1. The second kappa shape index (κ2) is 47.8. The Balaban J connectivity index is 3.46. The van der Waals surface area contributed by atoms with Crippen molar-refractivity contribution in [2.24, 2.45) is 0 Å². The number of aliphatic hydroxyl groups excluding tert-OH is 2. The lowest BCUT2D eigenvalue weighted by molar-refractivity contribution is -0.143. The summed E-state index contributed by atoms with van der Waals surface area (Å²) in [5.41, 5.74) is 0. The van der Waals surface area contributed by atoms with E-state index in [-0.39, 0.29) is 18.5 Å². The molecule has 0 aliphatic rings. The summed E-state index contributed by atoms with van der Waals surface area (Å²) >= 11 is 0. The van der Waals surface area contributed by atoms with E-state index in [2.05, 4.69) is 43.5 Å². The molecule has 0 saturated heterocycles. The van der Waals surface area contributed by atoms with Crippen LogP contribution in [0.1, 0.15) is 258 Å². The minimum atomic E-state index is -0.848. The predicted octanol–water partition coefficient (Wildman–Crippen LogP) is 14.9. The Morgan fingerprint density at radius 2 is 0.810 bits per heavy atom. The van der Waals surface area contributed by atoms with Crippen LogP contribution in [0.3, 0.4) is 0 Å². The Labute approximate surface area is 360 Å². The van der Waals surface area contributed by atoms with Crippen LogP contribution in [0.15, 0.2) is 36.5 Å². The molecule has 340 valence electrons. The molecule has 0 heterocycles. The number of aliphatic hydroxyl groups is 2. The molecule has 0 radical (unpaired) electrons. The van der Waals surface area contributed by atoms with Gasteiger partial charge in [0.15, 0.2) is 0 Å². The molecule has 6 nitrogen and oxygen atoms in total. The minimum Gasteiger partial charge on any atom is -0.466 e. The molecule has 0 rings (SSSR count). The Kier molecular flexibility index (Phi) is 46.2. The summed E-state index contributed by atoms with van der Waals surface area (Å²) in [6.07, 6.45) is 57.2. The van der Waals surface area contributed by atoms with Crippen molar-refractivity contribution in [1.29, 1.82) is 0 Å². The Morgan fingerprint density at radius 3 is 1.26 bits per heavy atom. The van der Waals surface area contributed by atoms with Crippen molar-refractivity contribution in [3.63, 3.8) is 0 Å². The largest absolute Gasteiger partial charge is 0.466 e. The maximum Gasteiger partial charge on any atom is 0.305 e. The van der Waals surface area contributed by atoms with Gasteiger partial charge in [-0.1, -0.05) is 198 Å². The number of allylic oxidation sites excluding steroid dienone is 5. The number of nitrogens with one attached hydrogen (secondary N) is 1. The molecule has 0 aliphatic carbocycles. The summed E-state index contributed by atoms with van der Waals surface area (Å²) in [5.74, 6) is -0.0887. The molecule has 2 atom stereocenters. The maximum absolute atomic E-state index is 12.4. The van der Waals surface area contributed by atoms with Crippen LogP contribution in [0, 0.1) is 0 Å². The number of ether oxygens (including phenoxy) is 1. The van der Waals surface area contributed by atoms with E-state index < -0.39 is 12.1 Å². The molecule has 58 heavy (non-hydrogen) atoms. The summed E-state index contributed by atoms with van der Waals surface area (Å²) in [6.45, 7) is 4.83. The van der Waals surface area contributed by atoms with E-state index in [1.165, 1.54) is 180 Å². The van der Waals surface area contributed by atoms with Gasteiger partial charge < -0.3 is 20.3 Å². The highest BCUT2D eigenvalue weighted by Gasteiger charge is 2.18. The quantitative estimate of drug-likeness (QED) is 0.0323. The van der Waals surface area contributed by atoms with Crippen LogP contribution >= 0.6 is 0 Å². The molecule has 0 aromatic heterocycles. The van der Waals surface area contributed by atoms with Crippen molar-refractivity contribution in [2.75, 3.05) is 13.2 Å². The number of rotatable bonds is 46. The van der Waals surface area contributed by atoms with Crippen LogP contribution in [0.4, 0.5) is 0 Å². The average molecular weight is 816 g/mol. The Morgan fingerprint density at radius 1 is 0.466 bits per heavy atom. The van der Waals surface area contributed by atoms with Gasteiger partial charge in [-0.25, -0.2) is 0 Å². The number of unbranched alkanes of at least 4 members (excludes halogenated alkanes) is 31. The van der Waals surface area contributed by atoms with E-state index in [0.29, 0.717) is 19.4 Å². The van der Waals surface area contributed by atoms with E-state index in [1.54, 1.807) is 6.08 Å². The van der Waals surface area contributed by atoms with Gasteiger partial charge in [0.2, 0.25) is 5.91 Å². The van der Waals surface area contributed by atoms with Crippen LogP contribution in [0.5, 0.6) is 0 Å². The highest BCUT2D eigenvalue weighted by atomic mass is 16.5. The van der Waals surface area contributed by atoms with Crippen molar-refractivity contribution < 1.29 is 24.5 Å². The molecule has 6 heteroatoms. The second-order valence-corrected chi connectivity index (χ2v) is 17.1. The van der Waals surface area contributed by atoms with Gasteiger partial charge in [0.1, 0.15) is 0 Å². The maximum atomic E-state index is 12.4. The van der Waals surface area contributed by atoms with Crippen LogP contribution in [-0.4, -0.2) is 47.4 Å². The van der Waals surface area contributed by atoms with Crippen molar-refractivity contribution in [1.82, 2.24) is 5.32 Å². The standard InChI is InChI=1S/C52H97NO5/c1-3-5-7-9-11-13-15-26-30-34-38-42-46-52(57)58-47-43-39-35-31-27-24-22-20-18-16-17-19-21-23-25-29-33-37-41-45-51(56)53-49(48-54)50(55)44-40-36-32-28-14-12-10-8-6-4-2/h11,13,16-17,40,44,49-50,54-55H,3-10,12,14-15,18-39,41-43,45-48H2,1-2H3,(H,53,56)/b13-11-,17-16-,44-40+. The van der Waals surface area contributed by atoms with E-state index in [4.69, 9.17) is 4.74 Å². The topological polar surface area (TPSA) is 95.9 Å². The first-order valence-corrected chi connectivity index (χ1v) is 25.3. The average Bonchev–Trinajstić information content (AvgIpc) is 3.22. The number of hydrogen-bond donors (Lipinski definition) is 3. The third kappa shape index (κ3) is 43.7. The van der Waals surface area contributed by atoms with Crippen molar-refractivity contribution in [3.8, 4) is 0 Å². The molecular weight excluding hydrogens is 719 g/mol. The number of carbonyl (C=O) groups excluding carboxylic acids is 2. The van der Waals surface area contributed by atoms with Crippen molar-refractivity contribution in [2.45, 2.75) is 270 Å². The van der Waals surface area contributed by atoms with Gasteiger partial charge in [0.25, 0.3) is 0 Å². The third-order valence-electron chi connectivity index (χ3n) is 11.4. The molecule has 0 aromatic carbocycles. The molecule has 2 unspecified atom stereocenters. The SMILES string of the molecule is CCCCC/C=C\CCCCCCCC(=O)OCCCCCCCCCC/C=C\CCCCCCCCCC(=O)NC(CO)C(O)/C=C/CCCCCCCCCC. The van der Waals surface area contributed by atoms with Crippen LogP contribution in [0.25, 0.3) is 0 Å². The lowest BCUT2D eigenvalue weighted by Crippen LogP contribution is -2.45. The van der Waals surface area contributed by atoms with Crippen LogP contribution < -0.4 is 5.32 Å². The molecule has 0 fully saturated rings. The number of carbonyl (C=O) groups is 2. The van der Waals surface area contributed by atoms with E-state index >= 15 is 0 Å². The van der Waals surface area contributed by atoms with Gasteiger partial charge in [0.05, 0.1) is 25.4 Å². The fourth-order valence-electron chi connectivity index (χ4n) is 7.44. The van der Waals surface area contributed by atoms with Crippen molar-refractivity contribution in [3.05, 3.63) is 36.5 Å². The molecular formula is C52H97NO5. The van der Waals surface area contributed by atoms with E-state index in [1.807, 2.05) is 6.08 Å². The predicted molar refractivity (Wildman–Crippen MR) is 250 cm³/mol. The lowest BCUT2D eigenvalue weighted by Gasteiger charge is -2.20. The number of amides is 1. The van der Waals surface area contributed by atoms with Crippen LogP contribution in [0.2, 0.25) is 0 Å². The number of esters is 1. The summed E-state index contributed by atoms with van der Waals surface area (Å²) in [7, 11) is 0. The normalized spacial score (nSPS) is 13.0. The first-order valence-electron chi connectivity index (χ1n) is 25.3. The zero-order chi connectivity index (χ0) is 42.3. The molecule has 0 bridgehead atoms. The van der Waals surface area contributed by atoms with Crippen LogP contribution in [-0.2, 0) is 14.3 Å². The van der Waals surface area contributed by atoms with Gasteiger partial charge in [-0.05, 0) is 83.5 Å². The van der Waals surface area contributed by atoms with Gasteiger partial charge in [-0.15, -0.1) is 0 Å². The zero-order valence-corrected chi connectivity index (χ0v) is 38.5. The molecule has 0 spiro atoms. The summed E-state index contributed by atoms with van der Waals surface area (Å²) in [5, 5.41) is 22.9. The van der Waals surface area contributed by atoms with E-state index in [0.717, 1.165) is 51.4 Å². The smallest absolute Gasteiger partial charge is 0.305 e. The highest BCUT2D eigenvalue weighted by Crippen LogP contribution is 2.14. The third-order valence-corrected chi connectivity index (χ3v) is 11.4. The Hall–Kier alpha value is -1.92. The van der Waals surface area contributed by atoms with Gasteiger partial charge in [-0.3, -0.25) is 9.59 Å². The first kappa shape index (κ1) is 56.1. The van der Waals surface area contributed by atoms with Crippen molar-refractivity contribution >= 4 is 11.9 Å². The van der Waals surface area contributed by atoms with E-state index in [9.17, 15) is 19.8 Å². The summed E-state index contributed by atoms with van der Waals surface area (Å²) in [4.78, 5) is 24.3. The molecule has 3 N–H and O–H groups in total. The number of hydrogen-bond acceptors (Lipinski definition) is 5. The fourth-order valence-corrected chi connectivity index (χ4v) is 7.44. The minimum absolute atomic E-state index is 0.00790. The summed E-state index contributed by atoms with van der Waals surface area (Å²) < 4.78 is 5.45. The highest BCUT2D eigenvalue weighted by molar-refractivity contribution is 5.76. The zero-order valence-electron chi connectivity index (χ0n) is 38.5. The molecule has 0 saturated carbocycles. The Bertz CT molecular complexity index is 946. The molecule has 0 aliphatic heterocycles. The molecule has 1 amide bonds. The molecule has 0 aromatic rings. The fraction of sp³-hybridized carbons (Fsp3) is 0.846. The second-order valence-electron chi connectivity index (χ2n) is 17.1.